The molecule has 150 valence electrons. The molecule has 0 saturated carbocycles. The minimum absolute atomic E-state index is 0. The number of hydrogen-bond donors (Lipinski definition) is 0. The zero-order valence-electron chi connectivity index (χ0n) is 16.5. The molecule has 2 aromatic rings. The molecular weight excluding hydrogens is 385 g/mol. The summed E-state index contributed by atoms with van der Waals surface area (Å²) in [4.78, 5) is 0. The van der Waals surface area contributed by atoms with E-state index < -0.39 is 0 Å². The molecule has 0 aliphatic carbocycles. The molecule has 0 amide bonds. The summed E-state index contributed by atoms with van der Waals surface area (Å²) in [6, 6.07) is 17.2. The topological polar surface area (TPSA) is 0 Å². The van der Waals surface area contributed by atoms with Crippen LogP contribution in [0.25, 0.3) is 0 Å². The van der Waals surface area contributed by atoms with Crippen LogP contribution < -0.4 is 10.6 Å². The van der Waals surface area contributed by atoms with Gasteiger partial charge in [0.25, 0.3) is 0 Å². The predicted molar refractivity (Wildman–Crippen MR) is 118 cm³/mol. The predicted octanol–water partition coefficient (Wildman–Crippen LogP) is 6.66. The van der Waals surface area contributed by atoms with Crippen LogP contribution in [0, 0.1) is 0 Å². The van der Waals surface area contributed by atoms with Crippen LogP contribution in [0.5, 0.6) is 0 Å². The molecule has 2 rings (SSSR count). The second-order valence-corrected chi connectivity index (χ2v) is 11.1. The Kier molecular flexibility index (Phi) is 16.3. The van der Waals surface area contributed by atoms with Crippen molar-refractivity contribution in [2.45, 2.75) is 53.4 Å². The van der Waals surface area contributed by atoms with Crippen LogP contribution in [-0.4, -0.2) is 24.6 Å². The fraction of sp³-hybridized carbons (Fsp3) is 0.545. The Morgan fingerprint density at radius 2 is 1.20 bits per heavy atom. The smallest absolute Gasteiger partial charge is 0 e. The van der Waals surface area contributed by atoms with E-state index in [0.29, 0.717) is 0 Å². The van der Waals surface area contributed by atoms with Crippen LogP contribution in [0.1, 0.15) is 53.4 Å². The molecule has 0 aliphatic rings. The van der Waals surface area contributed by atoms with Crippen molar-refractivity contribution in [2.24, 2.45) is 0 Å². The third-order valence-corrected chi connectivity index (χ3v) is 10.2. The second kappa shape index (κ2) is 16.2. The van der Waals surface area contributed by atoms with Crippen molar-refractivity contribution in [2.75, 3.05) is 24.6 Å². The normalized spacial score (nSPS) is 10.5. The minimum Gasteiger partial charge on any atom is -0.748 e. The van der Waals surface area contributed by atoms with E-state index in [4.69, 9.17) is 0 Å². The molecule has 0 radical (unpaired) electrons. The average Bonchev–Trinajstić information content (AvgIpc) is 3.29. The second-order valence-electron chi connectivity index (χ2n) is 6.23. The van der Waals surface area contributed by atoms with E-state index >= 15 is 0 Å². The summed E-state index contributed by atoms with van der Waals surface area (Å²) in [6.07, 6.45) is 11.1. The summed E-state index contributed by atoms with van der Waals surface area (Å²) in [5.74, 6) is 0. The first kappa shape index (κ1) is 25.1. The molecule has 0 aromatic heterocycles. The summed E-state index contributed by atoms with van der Waals surface area (Å²) in [7, 11) is 0.245. The molecule has 0 spiro atoms. The van der Waals surface area contributed by atoms with Gasteiger partial charge in [0.1, 0.15) is 0 Å². The van der Waals surface area contributed by atoms with Gasteiger partial charge < -0.3 is 30.3 Å². The maximum absolute atomic E-state index is 2.45. The van der Waals surface area contributed by atoms with Crippen molar-refractivity contribution in [1.82, 2.24) is 0 Å². The van der Waals surface area contributed by atoms with Gasteiger partial charge in [-0.1, -0.05) is 53.4 Å². The van der Waals surface area contributed by atoms with E-state index in [1.54, 1.807) is 10.6 Å². The van der Waals surface area contributed by atoms with Crippen molar-refractivity contribution < 1.29 is 16.5 Å². The van der Waals surface area contributed by atoms with E-state index in [2.05, 4.69) is 45.9 Å². The van der Waals surface area contributed by atoms with Gasteiger partial charge in [-0.25, -0.2) is 12.1 Å². The van der Waals surface area contributed by atoms with Crippen LogP contribution in [-0.2, 0) is 16.5 Å². The fourth-order valence-corrected chi connectivity index (χ4v) is 8.85. The van der Waals surface area contributed by atoms with Gasteiger partial charge >= 0.3 is 0 Å². The van der Waals surface area contributed by atoms with Gasteiger partial charge in [-0.2, -0.15) is 6.07 Å². The van der Waals surface area contributed by atoms with Crippen LogP contribution in [0.4, 0.5) is 0 Å². The summed E-state index contributed by atoms with van der Waals surface area (Å²) in [5, 5.41) is 3.54. The number of hydrogen-bond acceptors (Lipinski definition) is 0. The van der Waals surface area contributed by atoms with Crippen LogP contribution in [0.15, 0.2) is 48.5 Å². The third-order valence-electron chi connectivity index (χ3n) is 3.98. The van der Waals surface area contributed by atoms with Gasteiger partial charge in [-0.05, 0) is 24.6 Å². The Labute approximate surface area is 169 Å². The maximum atomic E-state index is 2.45. The van der Waals surface area contributed by atoms with Crippen LogP contribution in [0.3, 0.4) is 0 Å². The van der Waals surface area contributed by atoms with Crippen molar-refractivity contribution in [3.8, 4) is 0 Å². The first-order valence-corrected chi connectivity index (χ1v) is 13.1. The SMILES string of the molecule is CCCP(CCC)c1ccc[c-]1P(CCC)CCC.[Ni].[cH-]1[cH-][cH-][cH-][cH-]1. The maximum Gasteiger partial charge on any atom is 0 e. The van der Waals surface area contributed by atoms with Gasteiger partial charge in [0.15, 0.2) is 0 Å². The standard InChI is InChI=1S/C17H31P2.C5H5.Ni/c1-5-12-18(13-6-2)16-10-9-11-17(16)19(14-7-3)15-8-4;1-2-4-5-3-1;/h9-11H,5-8,12-15H2,1-4H3;1-5H;/q-1;-5;. The molecule has 0 aliphatic heterocycles. The zero-order valence-corrected chi connectivity index (χ0v) is 19.3. The Morgan fingerprint density at radius 3 is 1.60 bits per heavy atom. The van der Waals surface area contributed by atoms with Gasteiger partial charge in [0.05, 0.1) is 0 Å². The van der Waals surface area contributed by atoms with Gasteiger partial charge in [-0.3, -0.25) is 0 Å². The summed E-state index contributed by atoms with van der Waals surface area (Å²) >= 11 is 0. The van der Waals surface area contributed by atoms with E-state index in [1.807, 2.05) is 30.3 Å². The molecular formula is C22H36NiP2-6. The largest absolute Gasteiger partial charge is 0.748 e. The van der Waals surface area contributed by atoms with Gasteiger partial charge in [0.2, 0.25) is 0 Å². The Morgan fingerprint density at radius 1 is 0.760 bits per heavy atom. The zero-order chi connectivity index (χ0) is 17.6. The monoisotopic (exact) mass is 420 g/mol. The van der Waals surface area contributed by atoms with E-state index in [-0.39, 0.29) is 32.3 Å². The van der Waals surface area contributed by atoms with E-state index in [1.165, 1.54) is 50.3 Å². The van der Waals surface area contributed by atoms with E-state index in [9.17, 15) is 0 Å². The third kappa shape index (κ3) is 9.52. The van der Waals surface area contributed by atoms with Gasteiger partial charge in [0, 0.05) is 16.5 Å². The molecule has 0 saturated heterocycles. The van der Waals surface area contributed by atoms with E-state index in [0.717, 1.165) is 0 Å². The summed E-state index contributed by atoms with van der Waals surface area (Å²) in [5.41, 5.74) is 0. The molecule has 25 heavy (non-hydrogen) atoms. The van der Waals surface area contributed by atoms with Crippen LogP contribution in [0.2, 0.25) is 0 Å². The molecule has 0 bridgehead atoms. The molecule has 0 heterocycles. The molecule has 0 atom stereocenters. The van der Waals surface area contributed by atoms with Gasteiger partial charge in [-0.15, -0.1) is 26.5 Å². The summed E-state index contributed by atoms with van der Waals surface area (Å²) in [6.45, 7) is 9.37. The molecule has 0 fully saturated rings. The average molecular weight is 421 g/mol. The minimum atomic E-state index is 0. The molecule has 0 nitrogen and oxygen atoms in total. The molecule has 0 unspecified atom stereocenters. The van der Waals surface area contributed by atoms with Crippen molar-refractivity contribution in [3.05, 3.63) is 48.5 Å². The van der Waals surface area contributed by atoms with Crippen molar-refractivity contribution in [3.63, 3.8) is 0 Å². The Balaban J connectivity index is 0.000000820. The Bertz CT molecular complexity index is 430. The molecule has 3 heteroatoms. The van der Waals surface area contributed by atoms with Crippen molar-refractivity contribution in [1.29, 1.82) is 0 Å². The quantitative estimate of drug-likeness (QED) is 0.229. The van der Waals surface area contributed by atoms with Crippen molar-refractivity contribution >= 4 is 26.5 Å². The molecule has 2 aromatic carbocycles. The fourth-order valence-electron chi connectivity index (χ4n) is 3.04. The van der Waals surface area contributed by atoms with Crippen LogP contribution >= 0.6 is 15.8 Å². The number of rotatable bonds is 10. The Hall–Kier alpha value is 0.0535. The summed E-state index contributed by atoms with van der Waals surface area (Å²) < 4.78 is 0. The first-order valence-electron chi connectivity index (χ1n) is 9.70. The molecule has 0 N–H and O–H groups in total. The first-order chi connectivity index (χ1) is 11.8.